The van der Waals surface area contributed by atoms with Crippen molar-refractivity contribution in [1.29, 1.82) is 0 Å². The van der Waals surface area contributed by atoms with Crippen molar-refractivity contribution in [3.8, 4) is 17.2 Å². The number of aromatic nitrogens is 2. The van der Waals surface area contributed by atoms with Crippen molar-refractivity contribution in [2.45, 2.75) is 19.0 Å². The molecule has 0 aliphatic carbocycles. The van der Waals surface area contributed by atoms with Gasteiger partial charge in [0.05, 0.1) is 21.7 Å². The highest BCUT2D eigenvalue weighted by Crippen LogP contribution is 2.38. The molecule has 4 nitrogen and oxygen atoms in total. The smallest absolute Gasteiger partial charge is 0.416 e. The minimum Gasteiger partial charge on any atom is -0.484 e. The summed E-state index contributed by atoms with van der Waals surface area (Å²) in [6, 6.07) is 7.46. The average molecular weight is 423 g/mol. The second kappa shape index (κ2) is 7.34. The SMILES string of the molecule is FC(F)(F)c1cc(OCc2nnc(-c3ccccc3Cl)o2)cc(C(F)(F)F)c1. The van der Waals surface area contributed by atoms with Gasteiger partial charge in [-0.25, -0.2) is 0 Å². The van der Waals surface area contributed by atoms with Crippen molar-refractivity contribution < 1.29 is 35.5 Å². The maximum Gasteiger partial charge on any atom is 0.416 e. The van der Waals surface area contributed by atoms with Crippen molar-refractivity contribution in [3.05, 3.63) is 64.5 Å². The van der Waals surface area contributed by atoms with Gasteiger partial charge in [0.1, 0.15) is 5.75 Å². The van der Waals surface area contributed by atoms with Crippen LogP contribution in [0.25, 0.3) is 11.5 Å². The predicted octanol–water partition coefficient (Wildman–Crippen LogP) is 6.01. The zero-order valence-corrected chi connectivity index (χ0v) is 14.4. The summed E-state index contributed by atoms with van der Waals surface area (Å²) in [6.07, 6.45) is -9.94. The van der Waals surface area contributed by atoms with E-state index in [9.17, 15) is 26.3 Å². The normalized spacial score (nSPS) is 12.2. The van der Waals surface area contributed by atoms with E-state index in [1.807, 2.05) is 0 Å². The van der Waals surface area contributed by atoms with Gasteiger partial charge in [-0.3, -0.25) is 0 Å². The largest absolute Gasteiger partial charge is 0.484 e. The Balaban J connectivity index is 1.82. The van der Waals surface area contributed by atoms with E-state index in [2.05, 4.69) is 10.2 Å². The topological polar surface area (TPSA) is 48.2 Å². The van der Waals surface area contributed by atoms with Crippen LogP contribution < -0.4 is 4.74 Å². The molecule has 0 N–H and O–H groups in total. The van der Waals surface area contributed by atoms with E-state index >= 15 is 0 Å². The summed E-state index contributed by atoms with van der Waals surface area (Å²) in [4.78, 5) is 0. The van der Waals surface area contributed by atoms with Crippen LogP contribution in [0.1, 0.15) is 17.0 Å². The van der Waals surface area contributed by atoms with Crippen molar-refractivity contribution >= 4 is 11.6 Å². The second-order valence-electron chi connectivity index (χ2n) is 5.51. The first-order chi connectivity index (χ1) is 13.0. The van der Waals surface area contributed by atoms with Gasteiger partial charge in [0, 0.05) is 0 Å². The van der Waals surface area contributed by atoms with Gasteiger partial charge in [-0.05, 0) is 30.3 Å². The third-order valence-electron chi connectivity index (χ3n) is 3.49. The van der Waals surface area contributed by atoms with Gasteiger partial charge in [0.2, 0.25) is 5.89 Å². The zero-order chi connectivity index (χ0) is 20.5. The lowest BCUT2D eigenvalue weighted by Gasteiger charge is -2.14. The molecule has 0 saturated carbocycles. The van der Waals surface area contributed by atoms with Gasteiger partial charge in [-0.1, -0.05) is 23.7 Å². The molecule has 0 fully saturated rings. The predicted molar refractivity (Wildman–Crippen MR) is 85.5 cm³/mol. The van der Waals surface area contributed by atoms with E-state index in [4.69, 9.17) is 20.8 Å². The van der Waals surface area contributed by atoms with Crippen LogP contribution in [0.5, 0.6) is 5.75 Å². The molecule has 0 radical (unpaired) electrons. The third-order valence-corrected chi connectivity index (χ3v) is 3.82. The molecular formula is C17H9ClF6N2O2. The number of ether oxygens (including phenoxy) is 1. The molecule has 0 aliphatic heterocycles. The molecule has 0 aliphatic rings. The zero-order valence-electron chi connectivity index (χ0n) is 13.6. The summed E-state index contributed by atoms with van der Waals surface area (Å²) in [5.41, 5.74) is -2.56. The molecule has 148 valence electrons. The average Bonchev–Trinajstić information content (AvgIpc) is 3.07. The first-order valence-electron chi connectivity index (χ1n) is 7.53. The van der Waals surface area contributed by atoms with Crippen LogP contribution in [0.15, 0.2) is 46.9 Å². The highest BCUT2D eigenvalue weighted by molar-refractivity contribution is 6.33. The van der Waals surface area contributed by atoms with Crippen LogP contribution in [0, 0.1) is 0 Å². The lowest BCUT2D eigenvalue weighted by molar-refractivity contribution is -0.143. The summed E-state index contributed by atoms with van der Waals surface area (Å²) in [6.45, 7) is -0.532. The standard InChI is InChI=1S/C17H9ClF6N2O2/c18-13-4-2-1-3-12(13)15-26-25-14(28-15)8-27-11-6-9(16(19,20)21)5-10(7-11)17(22,23)24/h1-7H,8H2. The van der Waals surface area contributed by atoms with Crippen LogP contribution in [0.2, 0.25) is 5.02 Å². The summed E-state index contributed by atoms with van der Waals surface area (Å²) in [5, 5.41) is 7.70. The molecule has 1 aromatic heterocycles. The number of hydrogen-bond acceptors (Lipinski definition) is 4. The Morgan fingerprint density at radius 2 is 1.50 bits per heavy atom. The minimum absolute atomic E-state index is 0.00899. The van der Waals surface area contributed by atoms with Gasteiger partial charge < -0.3 is 9.15 Å². The lowest BCUT2D eigenvalue weighted by Crippen LogP contribution is -2.11. The molecular weight excluding hydrogens is 414 g/mol. The highest BCUT2D eigenvalue weighted by atomic mass is 35.5. The van der Waals surface area contributed by atoms with E-state index in [1.165, 1.54) is 0 Å². The number of benzene rings is 2. The molecule has 1 heterocycles. The summed E-state index contributed by atoms with van der Waals surface area (Å²) >= 11 is 5.99. The van der Waals surface area contributed by atoms with Crippen LogP contribution in [0.3, 0.4) is 0 Å². The summed E-state index contributed by atoms with van der Waals surface area (Å²) in [7, 11) is 0. The van der Waals surface area contributed by atoms with Crippen LogP contribution >= 0.6 is 11.6 Å². The van der Waals surface area contributed by atoms with Gasteiger partial charge in [0.25, 0.3) is 5.89 Å². The first kappa shape index (κ1) is 20.0. The monoisotopic (exact) mass is 422 g/mol. The van der Waals surface area contributed by atoms with Gasteiger partial charge in [-0.15, -0.1) is 10.2 Å². The van der Waals surface area contributed by atoms with Crippen LogP contribution in [-0.4, -0.2) is 10.2 Å². The third kappa shape index (κ3) is 4.56. The Morgan fingerprint density at radius 3 is 2.07 bits per heavy atom. The lowest BCUT2D eigenvalue weighted by atomic mass is 10.1. The first-order valence-corrected chi connectivity index (χ1v) is 7.91. The van der Waals surface area contributed by atoms with E-state index in [1.54, 1.807) is 24.3 Å². The van der Waals surface area contributed by atoms with Gasteiger partial charge >= 0.3 is 12.4 Å². The fourth-order valence-electron chi connectivity index (χ4n) is 2.21. The number of rotatable bonds is 4. The number of alkyl halides is 6. The Morgan fingerprint density at radius 1 is 0.893 bits per heavy atom. The van der Waals surface area contributed by atoms with Crippen molar-refractivity contribution in [2.24, 2.45) is 0 Å². The van der Waals surface area contributed by atoms with Crippen molar-refractivity contribution in [3.63, 3.8) is 0 Å². The Labute approximate surface area is 158 Å². The fraction of sp³-hybridized carbons (Fsp3) is 0.176. The molecule has 3 aromatic rings. The second-order valence-corrected chi connectivity index (χ2v) is 5.92. The van der Waals surface area contributed by atoms with E-state index in [0.29, 0.717) is 22.7 Å². The number of hydrogen-bond donors (Lipinski definition) is 0. The minimum atomic E-state index is -4.97. The van der Waals surface area contributed by atoms with Crippen LogP contribution in [-0.2, 0) is 19.0 Å². The molecule has 11 heteroatoms. The molecule has 28 heavy (non-hydrogen) atoms. The Bertz CT molecular complexity index is 952. The number of halogens is 7. The molecule has 0 saturated heterocycles. The molecule has 0 unspecified atom stereocenters. The van der Waals surface area contributed by atoms with Crippen LogP contribution in [0.4, 0.5) is 26.3 Å². The molecule has 2 aromatic carbocycles. The summed E-state index contributed by atoms with van der Waals surface area (Å²) < 4.78 is 87.4. The highest BCUT2D eigenvalue weighted by Gasteiger charge is 2.37. The molecule has 0 amide bonds. The number of nitrogens with zero attached hydrogens (tertiary/aromatic N) is 2. The Hall–Kier alpha value is -2.75. The van der Waals surface area contributed by atoms with E-state index in [0.717, 1.165) is 0 Å². The van der Waals surface area contributed by atoms with Gasteiger partial charge in [-0.2, -0.15) is 26.3 Å². The Kier molecular flexibility index (Phi) is 5.24. The van der Waals surface area contributed by atoms with Crippen molar-refractivity contribution in [1.82, 2.24) is 10.2 Å². The molecule has 0 bridgehead atoms. The molecule has 3 rings (SSSR count). The fourth-order valence-corrected chi connectivity index (χ4v) is 2.43. The maximum atomic E-state index is 12.9. The summed E-state index contributed by atoms with van der Waals surface area (Å²) in [5.74, 6) is -0.759. The molecule has 0 atom stereocenters. The maximum absolute atomic E-state index is 12.9. The van der Waals surface area contributed by atoms with Crippen molar-refractivity contribution in [2.75, 3.05) is 0 Å². The quantitative estimate of drug-likeness (QED) is 0.483. The van der Waals surface area contributed by atoms with E-state index in [-0.39, 0.29) is 17.8 Å². The molecule has 0 spiro atoms. The van der Waals surface area contributed by atoms with Gasteiger partial charge in [0.15, 0.2) is 6.61 Å². The van der Waals surface area contributed by atoms with E-state index < -0.39 is 35.8 Å².